The van der Waals surface area contributed by atoms with Gasteiger partial charge in [0.05, 0.1) is 12.1 Å². The molecule has 0 spiro atoms. The molecular weight excluding hydrogens is 439 g/mol. The zero-order chi connectivity index (χ0) is 23.9. The van der Waals surface area contributed by atoms with Gasteiger partial charge in [-0.1, -0.05) is 29.5 Å². The van der Waals surface area contributed by atoms with Crippen molar-refractivity contribution in [1.29, 1.82) is 0 Å². The third kappa shape index (κ3) is 5.07. The number of hydrogen-bond donors (Lipinski definition) is 1. The van der Waals surface area contributed by atoms with Crippen LogP contribution in [0.1, 0.15) is 11.6 Å². The summed E-state index contributed by atoms with van der Waals surface area (Å²) in [6, 6.07) is 15.0. The number of carbonyl (C=O) groups excluding carboxylic acids is 2. The summed E-state index contributed by atoms with van der Waals surface area (Å²) in [5.74, 6) is -1.46. The van der Waals surface area contributed by atoms with Crippen LogP contribution in [0.2, 0.25) is 0 Å². The van der Waals surface area contributed by atoms with Crippen molar-refractivity contribution in [2.45, 2.75) is 12.6 Å². The van der Waals surface area contributed by atoms with E-state index < -0.39 is 23.7 Å². The van der Waals surface area contributed by atoms with Crippen molar-refractivity contribution in [3.8, 4) is 0 Å². The quantitative estimate of drug-likeness (QED) is 0.384. The number of para-hydroxylation sites is 1. The monoisotopic (exact) mass is 462 g/mol. The second-order valence-corrected chi connectivity index (χ2v) is 7.45. The lowest BCUT2D eigenvalue weighted by Crippen LogP contribution is -2.46. The van der Waals surface area contributed by atoms with Gasteiger partial charge in [-0.15, -0.1) is 5.10 Å². The summed E-state index contributed by atoms with van der Waals surface area (Å²) in [5.41, 5.74) is 2.00. The molecule has 0 bridgehead atoms. The number of benzene rings is 2. The number of rotatable bonds is 9. The largest absolute Gasteiger partial charge is 0.383 e. The molecule has 34 heavy (non-hydrogen) atoms. The molecule has 0 saturated carbocycles. The van der Waals surface area contributed by atoms with Gasteiger partial charge in [0.15, 0.2) is 0 Å². The number of pyridine rings is 1. The van der Waals surface area contributed by atoms with Crippen molar-refractivity contribution in [3.63, 3.8) is 0 Å². The van der Waals surface area contributed by atoms with Gasteiger partial charge in [-0.05, 0) is 36.4 Å². The van der Waals surface area contributed by atoms with E-state index in [0.717, 1.165) is 0 Å². The van der Waals surface area contributed by atoms with Gasteiger partial charge >= 0.3 is 0 Å². The molecule has 2 aromatic carbocycles. The first-order valence-corrected chi connectivity index (χ1v) is 10.6. The normalized spacial score (nSPS) is 11.8. The third-order valence-corrected chi connectivity index (χ3v) is 5.17. The number of hydrogen-bond acceptors (Lipinski definition) is 6. The van der Waals surface area contributed by atoms with Gasteiger partial charge in [-0.3, -0.25) is 19.5 Å². The summed E-state index contributed by atoms with van der Waals surface area (Å²) < 4.78 is 20.7. The van der Waals surface area contributed by atoms with Gasteiger partial charge in [0.25, 0.3) is 0 Å². The Hall–Kier alpha value is -4.18. The van der Waals surface area contributed by atoms with E-state index in [0.29, 0.717) is 23.2 Å². The number of halogens is 1. The zero-order valence-electron chi connectivity index (χ0n) is 18.5. The first-order chi connectivity index (χ1) is 16.6. The van der Waals surface area contributed by atoms with Crippen molar-refractivity contribution in [2.75, 3.05) is 25.2 Å². The lowest BCUT2D eigenvalue weighted by atomic mass is 10.0. The lowest BCUT2D eigenvalue weighted by molar-refractivity contribution is -0.127. The van der Waals surface area contributed by atoms with Crippen LogP contribution < -0.4 is 10.2 Å². The molecule has 0 fully saturated rings. The molecule has 2 aromatic heterocycles. The standard InChI is InChI=1S/C24H23FN6O3/c1-34-13-12-27-24(33)23(17-6-5-11-26-15-17)31(19-8-4-7-18(25)14-19)22(32)16-30-21-10-3-2-9-20(21)28-29-30/h2-11,14-15,23H,12-13,16H2,1H3,(H,27,33). The molecule has 2 heterocycles. The van der Waals surface area contributed by atoms with E-state index in [2.05, 4.69) is 20.6 Å². The first kappa shape index (κ1) is 23.0. The maximum atomic E-state index is 14.2. The van der Waals surface area contributed by atoms with Gasteiger partial charge in [0.2, 0.25) is 11.8 Å². The van der Waals surface area contributed by atoms with Crippen molar-refractivity contribution >= 4 is 28.5 Å². The van der Waals surface area contributed by atoms with Gasteiger partial charge in [0, 0.05) is 37.3 Å². The number of amides is 2. The Bertz CT molecular complexity index is 1280. The van der Waals surface area contributed by atoms with Crippen molar-refractivity contribution in [1.82, 2.24) is 25.3 Å². The minimum Gasteiger partial charge on any atom is -0.383 e. The van der Waals surface area contributed by atoms with Crippen LogP contribution in [0, 0.1) is 5.82 Å². The average molecular weight is 462 g/mol. The minimum absolute atomic E-state index is 0.209. The van der Waals surface area contributed by atoms with Gasteiger partial charge in [0.1, 0.15) is 23.9 Å². The molecule has 4 aromatic rings. The third-order valence-electron chi connectivity index (χ3n) is 5.17. The number of carbonyl (C=O) groups is 2. The van der Waals surface area contributed by atoms with Crippen LogP contribution in [0.4, 0.5) is 10.1 Å². The van der Waals surface area contributed by atoms with E-state index >= 15 is 0 Å². The highest BCUT2D eigenvalue weighted by Gasteiger charge is 2.33. The van der Waals surface area contributed by atoms with E-state index in [1.807, 2.05) is 12.1 Å². The van der Waals surface area contributed by atoms with Gasteiger partial charge < -0.3 is 10.1 Å². The highest BCUT2D eigenvalue weighted by Crippen LogP contribution is 2.29. The van der Waals surface area contributed by atoms with Crippen LogP contribution >= 0.6 is 0 Å². The molecule has 0 radical (unpaired) electrons. The summed E-state index contributed by atoms with van der Waals surface area (Å²) >= 11 is 0. The minimum atomic E-state index is -1.10. The second kappa shape index (κ2) is 10.6. The molecule has 10 heteroatoms. The van der Waals surface area contributed by atoms with Crippen LogP contribution in [0.15, 0.2) is 73.1 Å². The molecule has 4 rings (SSSR count). The predicted octanol–water partition coefficient (Wildman–Crippen LogP) is 2.50. The summed E-state index contributed by atoms with van der Waals surface area (Å²) in [7, 11) is 1.52. The van der Waals surface area contributed by atoms with Crippen molar-refractivity contribution in [3.05, 3.63) is 84.4 Å². The van der Waals surface area contributed by atoms with E-state index in [9.17, 15) is 14.0 Å². The van der Waals surface area contributed by atoms with Crippen LogP contribution in [0.5, 0.6) is 0 Å². The van der Waals surface area contributed by atoms with Crippen LogP contribution in [0.25, 0.3) is 11.0 Å². The molecule has 0 aliphatic heterocycles. The molecule has 0 saturated heterocycles. The molecule has 9 nitrogen and oxygen atoms in total. The molecule has 0 aliphatic carbocycles. The predicted molar refractivity (Wildman–Crippen MR) is 123 cm³/mol. The summed E-state index contributed by atoms with van der Waals surface area (Å²) in [6.07, 6.45) is 3.07. The Labute approximate surface area is 195 Å². The average Bonchev–Trinajstić information content (AvgIpc) is 3.25. The van der Waals surface area contributed by atoms with Crippen LogP contribution in [-0.4, -0.2) is 52.1 Å². The Balaban J connectivity index is 1.76. The fourth-order valence-electron chi connectivity index (χ4n) is 3.63. The molecule has 0 aliphatic rings. The SMILES string of the molecule is COCCNC(=O)C(c1cccnc1)N(C(=O)Cn1nnc2ccccc21)c1cccc(F)c1. The maximum absolute atomic E-state index is 14.2. The van der Waals surface area contributed by atoms with E-state index in [1.165, 1.54) is 41.1 Å². The molecular formula is C24H23FN6O3. The van der Waals surface area contributed by atoms with E-state index in [4.69, 9.17) is 4.74 Å². The molecule has 2 amide bonds. The van der Waals surface area contributed by atoms with Crippen LogP contribution in [0.3, 0.4) is 0 Å². The number of anilines is 1. The van der Waals surface area contributed by atoms with Gasteiger partial charge in [-0.25, -0.2) is 9.07 Å². The first-order valence-electron chi connectivity index (χ1n) is 10.6. The molecule has 1 unspecified atom stereocenters. The Morgan fingerprint density at radius 1 is 1.15 bits per heavy atom. The number of fused-ring (bicyclic) bond motifs is 1. The smallest absolute Gasteiger partial charge is 0.249 e. The molecule has 174 valence electrons. The summed E-state index contributed by atoms with van der Waals surface area (Å²) in [4.78, 5) is 32.4. The maximum Gasteiger partial charge on any atom is 0.249 e. The Kier molecular flexibility index (Phi) is 7.19. The van der Waals surface area contributed by atoms with Gasteiger partial charge in [-0.2, -0.15) is 0 Å². The number of nitrogens with one attached hydrogen (secondary N) is 1. The highest BCUT2D eigenvalue weighted by atomic mass is 19.1. The highest BCUT2D eigenvalue weighted by molar-refractivity contribution is 6.01. The topological polar surface area (TPSA) is 102 Å². The number of ether oxygens (including phenoxy) is 1. The van der Waals surface area contributed by atoms with E-state index in [-0.39, 0.29) is 18.8 Å². The fourth-order valence-corrected chi connectivity index (χ4v) is 3.63. The Morgan fingerprint density at radius 3 is 2.76 bits per heavy atom. The second-order valence-electron chi connectivity index (χ2n) is 7.45. The fraction of sp³-hybridized carbons (Fsp3) is 0.208. The zero-order valence-corrected chi connectivity index (χ0v) is 18.5. The number of nitrogens with zero attached hydrogens (tertiary/aromatic N) is 5. The summed E-state index contributed by atoms with van der Waals surface area (Å²) in [5, 5.41) is 10.9. The summed E-state index contributed by atoms with van der Waals surface area (Å²) in [6.45, 7) is 0.328. The van der Waals surface area contributed by atoms with Crippen molar-refractivity contribution in [2.24, 2.45) is 0 Å². The van der Waals surface area contributed by atoms with E-state index in [1.54, 1.807) is 36.5 Å². The number of methoxy groups -OCH3 is 1. The van der Waals surface area contributed by atoms with Crippen molar-refractivity contribution < 1.29 is 18.7 Å². The number of aromatic nitrogens is 4. The lowest BCUT2D eigenvalue weighted by Gasteiger charge is -2.31. The Morgan fingerprint density at radius 2 is 2.00 bits per heavy atom. The molecule has 1 N–H and O–H groups in total. The molecule has 1 atom stereocenters. The van der Waals surface area contributed by atoms with Crippen LogP contribution in [-0.2, 0) is 20.9 Å².